The average Bonchev–Trinajstić information content (AvgIpc) is 2.52. The van der Waals surface area contributed by atoms with Gasteiger partial charge in [-0.05, 0) is 36.5 Å². The quantitative estimate of drug-likeness (QED) is 0.842. The molecule has 6 heteroatoms. The van der Waals surface area contributed by atoms with Crippen molar-refractivity contribution in [1.29, 1.82) is 5.41 Å². The number of aliphatic hydroxyl groups excluding tert-OH is 1. The van der Waals surface area contributed by atoms with Gasteiger partial charge in [-0.15, -0.1) is 0 Å². The highest BCUT2D eigenvalue weighted by Crippen LogP contribution is 2.31. The Hall–Kier alpha value is -2.08. The molecule has 0 aliphatic heterocycles. The molecule has 23 heavy (non-hydrogen) atoms. The van der Waals surface area contributed by atoms with E-state index >= 15 is 0 Å². The summed E-state index contributed by atoms with van der Waals surface area (Å²) in [5.41, 5.74) is 0.236. The molecule has 2 rings (SSSR count). The molecular weight excluding hydrogens is 305 g/mol. The molecule has 0 saturated heterocycles. The summed E-state index contributed by atoms with van der Waals surface area (Å²) in [5.74, 6) is 0. The summed E-state index contributed by atoms with van der Waals surface area (Å²) >= 11 is 0. The average molecular weight is 324 g/mol. The molecule has 124 valence electrons. The molecule has 0 fully saturated rings. The second kappa shape index (κ2) is 7.46. The highest BCUT2D eigenvalue weighted by molar-refractivity contribution is 5.27. The van der Waals surface area contributed by atoms with E-state index in [-0.39, 0.29) is 30.5 Å². The fourth-order valence-corrected chi connectivity index (χ4v) is 2.45. The van der Waals surface area contributed by atoms with E-state index in [1.807, 2.05) is 30.3 Å². The van der Waals surface area contributed by atoms with Crippen molar-refractivity contribution in [3.05, 3.63) is 64.8 Å². The third kappa shape index (κ3) is 4.69. The maximum Gasteiger partial charge on any atom is 0.416 e. The van der Waals surface area contributed by atoms with Crippen molar-refractivity contribution in [1.82, 2.24) is 4.57 Å². The van der Waals surface area contributed by atoms with Crippen LogP contribution in [0, 0.1) is 5.41 Å². The van der Waals surface area contributed by atoms with E-state index < -0.39 is 11.7 Å². The maximum atomic E-state index is 13.1. The van der Waals surface area contributed by atoms with E-state index in [1.54, 1.807) is 0 Å². The molecule has 0 unspecified atom stereocenters. The Kier molecular flexibility index (Phi) is 5.60. The van der Waals surface area contributed by atoms with Crippen LogP contribution >= 0.6 is 0 Å². The summed E-state index contributed by atoms with van der Waals surface area (Å²) in [6.45, 7) is 0.275. The number of alkyl halides is 3. The third-order valence-corrected chi connectivity index (χ3v) is 3.64. The number of nitrogens with one attached hydrogen (secondary N) is 1. The van der Waals surface area contributed by atoms with E-state index in [0.29, 0.717) is 13.0 Å². The zero-order valence-electron chi connectivity index (χ0n) is 12.6. The summed E-state index contributed by atoms with van der Waals surface area (Å²) in [5, 5.41) is 16.7. The van der Waals surface area contributed by atoms with Gasteiger partial charge in [-0.25, -0.2) is 0 Å². The molecule has 2 N–H and O–H groups in total. The molecule has 0 amide bonds. The van der Waals surface area contributed by atoms with Crippen LogP contribution in [0.4, 0.5) is 13.2 Å². The number of halogens is 3. The SMILES string of the molecule is N=c1cc(C(F)(F)F)c(CCCO)cn1CCc1ccccc1. The van der Waals surface area contributed by atoms with E-state index in [1.165, 1.54) is 10.8 Å². The maximum absolute atomic E-state index is 13.1. The van der Waals surface area contributed by atoms with Crippen LogP contribution in [0.25, 0.3) is 0 Å². The van der Waals surface area contributed by atoms with Gasteiger partial charge in [-0.1, -0.05) is 30.3 Å². The second-order valence-electron chi connectivity index (χ2n) is 5.35. The molecule has 3 nitrogen and oxygen atoms in total. The number of nitrogens with zero attached hydrogens (tertiary/aromatic N) is 1. The van der Waals surface area contributed by atoms with Crippen molar-refractivity contribution < 1.29 is 18.3 Å². The van der Waals surface area contributed by atoms with Crippen LogP contribution in [0.3, 0.4) is 0 Å². The Labute approximate surface area is 132 Å². The minimum Gasteiger partial charge on any atom is -0.396 e. The summed E-state index contributed by atoms with van der Waals surface area (Å²) in [6.07, 6.45) is -2.05. The molecule has 0 bridgehead atoms. The lowest BCUT2D eigenvalue weighted by atomic mass is 10.0. The first-order valence-electron chi connectivity index (χ1n) is 7.42. The normalized spacial score (nSPS) is 11.7. The summed E-state index contributed by atoms with van der Waals surface area (Å²) in [7, 11) is 0. The lowest BCUT2D eigenvalue weighted by molar-refractivity contribution is -0.138. The number of aryl methyl sites for hydroxylation is 3. The van der Waals surface area contributed by atoms with Crippen LogP contribution in [0.15, 0.2) is 42.6 Å². The van der Waals surface area contributed by atoms with Crippen LogP contribution < -0.4 is 5.49 Å². The fourth-order valence-electron chi connectivity index (χ4n) is 2.45. The molecule has 0 aliphatic rings. The van der Waals surface area contributed by atoms with Crippen molar-refractivity contribution in [2.75, 3.05) is 6.61 Å². The highest BCUT2D eigenvalue weighted by Gasteiger charge is 2.33. The van der Waals surface area contributed by atoms with Crippen molar-refractivity contribution in [3.63, 3.8) is 0 Å². The van der Waals surface area contributed by atoms with Crippen LogP contribution in [0.1, 0.15) is 23.1 Å². The number of pyridine rings is 1. The Balaban J connectivity index is 2.27. The molecule has 0 aliphatic carbocycles. The lowest BCUT2D eigenvalue weighted by Gasteiger charge is -2.16. The van der Waals surface area contributed by atoms with Crippen molar-refractivity contribution in [3.8, 4) is 0 Å². The molecule has 1 heterocycles. The van der Waals surface area contributed by atoms with Gasteiger partial charge in [0.2, 0.25) is 0 Å². The van der Waals surface area contributed by atoms with E-state index in [4.69, 9.17) is 10.5 Å². The molecule has 0 saturated carbocycles. The first-order valence-corrected chi connectivity index (χ1v) is 7.42. The lowest BCUT2D eigenvalue weighted by Crippen LogP contribution is -2.25. The second-order valence-corrected chi connectivity index (χ2v) is 5.35. The topological polar surface area (TPSA) is 49.0 Å². The first kappa shape index (κ1) is 17.3. The van der Waals surface area contributed by atoms with Gasteiger partial charge < -0.3 is 9.67 Å². The smallest absolute Gasteiger partial charge is 0.396 e. The predicted octanol–water partition coefficient (Wildman–Crippen LogP) is 3.15. The van der Waals surface area contributed by atoms with E-state index in [9.17, 15) is 13.2 Å². The number of hydrogen-bond donors (Lipinski definition) is 2. The zero-order chi connectivity index (χ0) is 16.9. The third-order valence-electron chi connectivity index (χ3n) is 3.64. The van der Waals surface area contributed by atoms with Gasteiger partial charge in [0.25, 0.3) is 0 Å². The zero-order valence-corrected chi connectivity index (χ0v) is 12.6. The summed E-state index contributed by atoms with van der Waals surface area (Å²) in [6, 6.07) is 10.5. The molecule has 1 aromatic heterocycles. The number of benzene rings is 1. The van der Waals surface area contributed by atoms with Gasteiger partial charge >= 0.3 is 6.18 Å². The number of aliphatic hydroxyl groups is 1. The van der Waals surface area contributed by atoms with Crippen LogP contribution in [-0.2, 0) is 25.6 Å². The summed E-state index contributed by atoms with van der Waals surface area (Å²) in [4.78, 5) is 0. The van der Waals surface area contributed by atoms with Crippen molar-refractivity contribution in [2.45, 2.75) is 32.0 Å². The van der Waals surface area contributed by atoms with Crippen LogP contribution in [-0.4, -0.2) is 16.3 Å². The van der Waals surface area contributed by atoms with Gasteiger partial charge in [0.1, 0.15) is 5.49 Å². The highest BCUT2D eigenvalue weighted by atomic mass is 19.4. The molecule has 0 spiro atoms. The fraction of sp³-hybridized carbons (Fsp3) is 0.353. The Morgan fingerprint density at radius 1 is 1.09 bits per heavy atom. The first-order chi connectivity index (χ1) is 10.9. The number of rotatable bonds is 6. The molecule has 1 aromatic carbocycles. The van der Waals surface area contributed by atoms with Crippen molar-refractivity contribution >= 4 is 0 Å². The van der Waals surface area contributed by atoms with Crippen molar-refractivity contribution in [2.24, 2.45) is 0 Å². The van der Waals surface area contributed by atoms with Gasteiger partial charge in [0, 0.05) is 19.3 Å². The standard InChI is InChI=1S/C17H19F3N2O/c18-17(19,20)15-11-16(21)22(12-14(15)7-4-10-23)9-8-13-5-2-1-3-6-13/h1-3,5-6,11-12,21,23H,4,7-10H2. The Bertz CT molecular complexity index is 693. The monoisotopic (exact) mass is 324 g/mol. The molecule has 0 radical (unpaired) electrons. The van der Waals surface area contributed by atoms with E-state index in [0.717, 1.165) is 11.6 Å². The van der Waals surface area contributed by atoms with Gasteiger partial charge in [0.05, 0.1) is 5.56 Å². The molecule has 0 atom stereocenters. The summed E-state index contributed by atoms with van der Waals surface area (Å²) < 4.78 is 40.8. The van der Waals surface area contributed by atoms with Gasteiger partial charge in [-0.2, -0.15) is 13.2 Å². The Morgan fingerprint density at radius 2 is 1.78 bits per heavy atom. The number of aromatic nitrogens is 1. The largest absolute Gasteiger partial charge is 0.416 e. The van der Waals surface area contributed by atoms with Gasteiger partial charge in [-0.3, -0.25) is 5.41 Å². The minimum absolute atomic E-state index is 0.121. The molecular formula is C17H19F3N2O. The number of hydrogen-bond acceptors (Lipinski definition) is 2. The van der Waals surface area contributed by atoms with Crippen LogP contribution in [0.5, 0.6) is 0 Å². The minimum atomic E-state index is -4.49. The van der Waals surface area contributed by atoms with E-state index in [2.05, 4.69) is 0 Å². The molecule has 2 aromatic rings. The Morgan fingerprint density at radius 3 is 2.39 bits per heavy atom. The van der Waals surface area contributed by atoms with Crippen LogP contribution in [0.2, 0.25) is 0 Å². The predicted molar refractivity (Wildman–Crippen MR) is 80.8 cm³/mol. The van der Waals surface area contributed by atoms with Gasteiger partial charge in [0.15, 0.2) is 0 Å².